The molecule has 170 valence electrons. The van der Waals surface area contributed by atoms with Crippen LogP contribution in [0, 0.1) is 0 Å². The Labute approximate surface area is 176 Å². The van der Waals surface area contributed by atoms with Gasteiger partial charge in [0.1, 0.15) is 12.7 Å². The van der Waals surface area contributed by atoms with Crippen molar-refractivity contribution in [3.63, 3.8) is 0 Å². The number of hydrogen-bond donors (Lipinski definition) is 2. The summed E-state index contributed by atoms with van der Waals surface area (Å²) in [5.74, 6) is -0.638. The molecular weight excluding hydrogens is 436 g/mol. The molecule has 0 saturated heterocycles. The highest BCUT2D eigenvalue weighted by Crippen LogP contribution is 2.30. The van der Waals surface area contributed by atoms with Crippen molar-refractivity contribution in [1.29, 1.82) is 0 Å². The Balaban J connectivity index is 2.61. The van der Waals surface area contributed by atoms with Gasteiger partial charge in [0, 0.05) is 53.5 Å². The summed E-state index contributed by atoms with van der Waals surface area (Å²) in [6.45, 7) is -0.391. The number of nitrogens with zero attached hydrogens (tertiary/aromatic N) is 6. The number of rotatable bonds is 11. The standard InChI is InChI=1S/C16H28N6O6S2/c1-19(2)29(25,26)21-10-14(17-11-21)13(7-9-24)16-15(6-5-8-23)22(12-18-16)30(27,28)20(3)4/h10-13,23-24H,5-9H2,1-4H3. The van der Waals surface area contributed by atoms with E-state index in [1.54, 1.807) is 0 Å². The molecule has 0 radical (unpaired) electrons. The third kappa shape index (κ3) is 4.73. The van der Waals surface area contributed by atoms with Gasteiger partial charge in [-0.15, -0.1) is 0 Å². The van der Waals surface area contributed by atoms with Crippen LogP contribution in [-0.2, 0) is 26.8 Å². The summed E-state index contributed by atoms with van der Waals surface area (Å²) in [5, 5.41) is 18.8. The van der Waals surface area contributed by atoms with Crippen LogP contribution in [-0.4, -0.2) is 95.0 Å². The molecule has 0 aromatic carbocycles. The number of aliphatic hydroxyl groups is 2. The molecule has 0 bridgehead atoms. The Morgan fingerprint density at radius 3 is 2.13 bits per heavy atom. The number of imidazole rings is 2. The average Bonchev–Trinajstić information content (AvgIpc) is 3.32. The summed E-state index contributed by atoms with van der Waals surface area (Å²) >= 11 is 0. The topological polar surface area (TPSA) is 151 Å². The van der Waals surface area contributed by atoms with Crippen LogP contribution in [0.25, 0.3) is 0 Å². The van der Waals surface area contributed by atoms with E-state index >= 15 is 0 Å². The lowest BCUT2D eigenvalue weighted by molar-refractivity contribution is 0.279. The van der Waals surface area contributed by atoms with Gasteiger partial charge in [0.2, 0.25) is 0 Å². The zero-order valence-electron chi connectivity index (χ0n) is 17.4. The normalized spacial score (nSPS) is 14.0. The van der Waals surface area contributed by atoms with Gasteiger partial charge in [0.05, 0.1) is 17.1 Å². The Hall–Kier alpha value is -1.84. The first-order valence-electron chi connectivity index (χ1n) is 9.16. The van der Waals surface area contributed by atoms with E-state index in [4.69, 9.17) is 0 Å². The first kappa shape index (κ1) is 24.4. The number of aliphatic hydroxyl groups excluding tert-OH is 2. The third-order valence-corrected chi connectivity index (χ3v) is 7.95. The molecule has 1 atom stereocenters. The minimum Gasteiger partial charge on any atom is -0.396 e. The van der Waals surface area contributed by atoms with Crippen LogP contribution in [0.5, 0.6) is 0 Å². The van der Waals surface area contributed by atoms with Crippen molar-refractivity contribution >= 4 is 20.4 Å². The highest BCUT2D eigenvalue weighted by Gasteiger charge is 2.29. The Bertz CT molecular complexity index is 1060. The van der Waals surface area contributed by atoms with Gasteiger partial charge in [-0.05, 0) is 19.3 Å². The van der Waals surface area contributed by atoms with E-state index in [0.717, 1.165) is 22.9 Å². The van der Waals surface area contributed by atoms with Crippen LogP contribution in [0.4, 0.5) is 0 Å². The van der Waals surface area contributed by atoms with Crippen LogP contribution in [0.3, 0.4) is 0 Å². The Kier molecular flexibility index (Phi) is 7.76. The van der Waals surface area contributed by atoms with Crippen LogP contribution in [0.1, 0.15) is 35.8 Å². The van der Waals surface area contributed by atoms with Gasteiger partial charge < -0.3 is 10.2 Å². The highest BCUT2D eigenvalue weighted by molar-refractivity contribution is 7.87. The van der Waals surface area contributed by atoms with Gasteiger partial charge in [-0.25, -0.2) is 17.9 Å². The number of aromatic nitrogens is 4. The minimum absolute atomic E-state index is 0.146. The molecule has 2 aromatic rings. The molecule has 2 heterocycles. The van der Waals surface area contributed by atoms with Crippen molar-refractivity contribution in [2.45, 2.75) is 25.2 Å². The van der Waals surface area contributed by atoms with Gasteiger partial charge in [0.15, 0.2) is 0 Å². The summed E-state index contributed by atoms with van der Waals surface area (Å²) in [4.78, 5) is 8.45. The van der Waals surface area contributed by atoms with Gasteiger partial charge >= 0.3 is 20.4 Å². The van der Waals surface area contributed by atoms with E-state index in [-0.39, 0.29) is 26.1 Å². The molecule has 2 N–H and O–H groups in total. The lowest BCUT2D eigenvalue weighted by Crippen LogP contribution is -2.30. The van der Waals surface area contributed by atoms with Crippen LogP contribution in [0.15, 0.2) is 18.9 Å². The zero-order valence-corrected chi connectivity index (χ0v) is 19.0. The molecule has 0 fully saturated rings. The average molecular weight is 465 g/mol. The SMILES string of the molecule is CN(C)S(=O)(=O)n1cnc(C(CCO)c2ncn(S(=O)(=O)N(C)C)c2CCCO)c1. The van der Waals surface area contributed by atoms with E-state index in [0.29, 0.717) is 23.5 Å². The molecule has 14 heteroatoms. The molecule has 30 heavy (non-hydrogen) atoms. The summed E-state index contributed by atoms with van der Waals surface area (Å²) in [6, 6.07) is 0. The second-order valence-corrected chi connectivity index (χ2v) is 11.0. The van der Waals surface area contributed by atoms with E-state index in [1.165, 1.54) is 40.7 Å². The van der Waals surface area contributed by atoms with Gasteiger partial charge in [-0.1, -0.05) is 0 Å². The maximum atomic E-state index is 12.7. The van der Waals surface area contributed by atoms with Crippen LogP contribution >= 0.6 is 0 Å². The molecule has 2 aromatic heterocycles. The zero-order chi connectivity index (χ0) is 22.7. The van der Waals surface area contributed by atoms with Crippen molar-refractivity contribution < 1.29 is 27.0 Å². The van der Waals surface area contributed by atoms with E-state index in [1.807, 2.05) is 0 Å². The lowest BCUT2D eigenvalue weighted by Gasteiger charge is -2.18. The molecule has 0 amide bonds. The van der Waals surface area contributed by atoms with Crippen LogP contribution in [0.2, 0.25) is 0 Å². The van der Waals surface area contributed by atoms with Gasteiger partial charge in [0.25, 0.3) is 0 Å². The Morgan fingerprint density at radius 1 is 0.967 bits per heavy atom. The predicted octanol–water partition coefficient (Wildman–Crippen LogP) is -1.17. The van der Waals surface area contributed by atoms with Gasteiger partial charge in [-0.3, -0.25) is 0 Å². The fourth-order valence-electron chi connectivity index (χ4n) is 2.89. The third-order valence-electron chi connectivity index (χ3n) is 4.56. The summed E-state index contributed by atoms with van der Waals surface area (Å²) in [7, 11) is -2.07. The monoisotopic (exact) mass is 464 g/mol. The maximum absolute atomic E-state index is 12.7. The first-order valence-corrected chi connectivity index (χ1v) is 12.0. The summed E-state index contributed by atoms with van der Waals surface area (Å²) < 4.78 is 54.1. The molecule has 0 saturated carbocycles. The predicted molar refractivity (Wildman–Crippen MR) is 109 cm³/mol. The van der Waals surface area contributed by atoms with Crippen molar-refractivity contribution in [2.24, 2.45) is 0 Å². The fourth-order valence-corrected chi connectivity index (χ4v) is 4.66. The first-order chi connectivity index (χ1) is 14.0. The van der Waals surface area contributed by atoms with E-state index < -0.39 is 26.3 Å². The van der Waals surface area contributed by atoms with E-state index in [2.05, 4.69) is 9.97 Å². The molecule has 0 aliphatic rings. The van der Waals surface area contributed by atoms with Crippen LogP contribution < -0.4 is 0 Å². The van der Waals surface area contributed by atoms with Crippen molar-refractivity contribution in [3.8, 4) is 0 Å². The summed E-state index contributed by atoms with van der Waals surface area (Å²) in [6.07, 6.45) is 4.33. The lowest BCUT2D eigenvalue weighted by atomic mass is 9.95. The Morgan fingerprint density at radius 2 is 1.60 bits per heavy atom. The van der Waals surface area contributed by atoms with Gasteiger partial charge in [-0.2, -0.15) is 25.4 Å². The molecule has 0 aliphatic heterocycles. The second kappa shape index (κ2) is 9.53. The fraction of sp³-hybridized carbons (Fsp3) is 0.625. The maximum Gasteiger partial charge on any atom is 0.308 e. The molecule has 2 rings (SSSR count). The second-order valence-electron chi connectivity index (χ2n) is 6.97. The molecule has 0 aliphatic carbocycles. The molecular formula is C16H28N6O6S2. The molecule has 0 spiro atoms. The van der Waals surface area contributed by atoms with Crippen molar-refractivity contribution in [2.75, 3.05) is 41.4 Å². The highest BCUT2D eigenvalue weighted by atomic mass is 32.2. The minimum atomic E-state index is -3.86. The van der Waals surface area contributed by atoms with E-state index in [9.17, 15) is 27.0 Å². The largest absolute Gasteiger partial charge is 0.396 e. The summed E-state index contributed by atoms with van der Waals surface area (Å²) in [5.41, 5.74) is 1.03. The van der Waals surface area contributed by atoms with Crippen molar-refractivity contribution in [3.05, 3.63) is 35.9 Å². The quantitative estimate of drug-likeness (QED) is 0.422. The smallest absolute Gasteiger partial charge is 0.308 e. The molecule has 12 nitrogen and oxygen atoms in total. The van der Waals surface area contributed by atoms with Crippen molar-refractivity contribution in [1.82, 2.24) is 26.5 Å². The number of hydrogen-bond acceptors (Lipinski definition) is 8. The molecule has 1 unspecified atom stereocenters.